The molecule has 0 atom stereocenters. The molecule has 1 fully saturated rings. The van der Waals surface area contributed by atoms with Gasteiger partial charge in [0.25, 0.3) is 0 Å². The normalized spacial score (nSPS) is 16.1. The van der Waals surface area contributed by atoms with Crippen LogP contribution in [0.15, 0.2) is 36.5 Å². The summed E-state index contributed by atoms with van der Waals surface area (Å²) < 4.78 is 15.9. The quantitative estimate of drug-likeness (QED) is 0.782. The average molecular weight is 352 g/mol. The summed E-state index contributed by atoms with van der Waals surface area (Å²) in [6.45, 7) is 9.07. The molecule has 0 bridgehead atoms. The number of imidazole rings is 1. The molecule has 1 aliphatic heterocycles. The molecule has 1 saturated heterocycles. The highest BCUT2D eigenvalue weighted by molar-refractivity contribution is 5.70. The fourth-order valence-corrected chi connectivity index (χ4v) is 3.79. The Kier molecular flexibility index (Phi) is 4.74. The molecule has 4 rings (SSSR count). The second kappa shape index (κ2) is 7.17. The zero-order valence-corrected chi connectivity index (χ0v) is 15.4. The fourth-order valence-electron chi connectivity index (χ4n) is 3.79. The molecule has 0 amide bonds. The van der Waals surface area contributed by atoms with Gasteiger partial charge in [-0.15, -0.1) is 0 Å². The van der Waals surface area contributed by atoms with Crippen LogP contribution in [0, 0.1) is 19.7 Å². The molecule has 1 aromatic carbocycles. The molecule has 3 heterocycles. The summed E-state index contributed by atoms with van der Waals surface area (Å²) in [5.41, 5.74) is 6.39. The van der Waals surface area contributed by atoms with E-state index in [-0.39, 0.29) is 5.82 Å². The lowest BCUT2D eigenvalue weighted by atomic mass is 10.0. The van der Waals surface area contributed by atoms with Crippen molar-refractivity contribution in [2.24, 2.45) is 0 Å². The number of aryl methyl sites for hydroxylation is 2. The van der Waals surface area contributed by atoms with Crippen LogP contribution in [0.1, 0.15) is 23.2 Å². The van der Waals surface area contributed by atoms with E-state index in [0.29, 0.717) is 0 Å². The number of rotatable bonds is 3. The number of halogens is 1. The van der Waals surface area contributed by atoms with E-state index in [4.69, 9.17) is 4.98 Å². The van der Waals surface area contributed by atoms with Gasteiger partial charge in [-0.1, -0.05) is 23.8 Å². The van der Waals surface area contributed by atoms with Crippen LogP contribution in [-0.2, 0) is 6.54 Å². The number of nitrogens with one attached hydrogen (secondary N) is 1. The van der Waals surface area contributed by atoms with Crippen molar-refractivity contribution in [1.82, 2.24) is 19.6 Å². The predicted molar refractivity (Wildman–Crippen MR) is 103 cm³/mol. The summed E-state index contributed by atoms with van der Waals surface area (Å²) in [6, 6.07) is 9.67. The van der Waals surface area contributed by atoms with Gasteiger partial charge >= 0.3 is 0 Å². The summed E-state index contributed by atoms with van der Waals surface area (Å²) in [5, 5.41) is 3.44. The summed E-state index contributed by atoms with van der Waals surface area (Å²) >= 11 is 0. The molecule has 2 aromatic heterocycles. The van der Waals surface area contributed by atoms with Crippen molar-refractivity contribution < 1.29 is 4.39 Å². The van der Waals surface area contributed by atoms with Crippen molar-refractivity contribution >= 4 is 5.65 Å². The number of pyridine rings is 1. The van der Waals surface area contributed by atoms with Gasteiger partial charge in [-0.25, -0.2) is 9.37 Å². The van der Waals surface area contributed by atoms with Gasteiger partial charge in [0.05, 0.1) is 11.4 Å². The van der Waals surface area contributed by atoms with E-state index in [1.165, 1.54) is 17.2 Å². The number of fused-ring (bicyclic) bond motifs is 1. The predicted octanol–water partition coefficient (Wildman–Crippen LogP) is 3.55. The molecule has 3 aromatic rings. The topological polar surface area (TPSA) is 32.6 Å². The lowest BCUT2D eigenvalue weighted by molar-refractivity contribution is 0.280. The fraction of sp³-hybridized carbons (Fsp3) is 0.381. The molecule has 0 radical (unpaired) electrons. The first kappa shape index (κ1) is 17.2. The van der Waals surface area contributed by atoms with Gasteiger partial charge in [0.15, 0.2) is 0 Å². The van der Waals surface area contributed by atoms with Crippen LogP contribution in [0.5, 0.6) is 0 Å². The molecule has 0 aliphatic carbocycles. The van der Waals surface area contributed by atoms with E-state index in [1.54, 1.807) is 12.3 Å². The van der Waals surface area contributed by atoms with Gasteiger partial charge in [0, 0.05) is 31.4 Å². The van der Waals surface area contributed by atoms with Crippen molar-refractivity contribution in [3.8, 4) is 11.3 Å². The van der Waals surface area contributed by atoms with Crippen LogP contribution < -0.4 is 5.32 Å². The summed E-state index contributed by atoms with van der Waals surface area (Å²) in [4.78, 5) is 7.29. The van der Waals surface area contributed by atoms with E-state index < -0.39 is 0 Å². The van der Waals surface area contributed by atoms with Crippen molar-refractivity contribution in [2.45, 2.75) is 26.8 Å². The molecule has 4 nitrogen and oxygen atoms in total. The maximum Gasteiger partial charge on any atom is 0.139 e. The lowest BCUT2D eigenvalue weighted by Crippen LogP contribution is -2.28. The Morgan fingerprint density at radius 2 is 2.00 bits per heavy atom. The first-order valence-electron chi connectivity index (χ1n) is 9.29. The van der Waals surface area contributed by atoms with E-state index in [0.717, 1.165) is 61.7 Å². The highest BCUT2D eigenvalue weighted by Crippen LogP contribution is 2.29. The van der Waals surface area contributed by atoms with E-state index >= 15 is 0 Å². The SMILES string of the molecule is Cc1ccc(-c2nc3ccc(F)cn3c2CN2CCCNCC2)c(C)c1. The molecule has 0 saturated carbocycles. The Labute approximate surface area is 153 Å². The minimum Gasteiger partial charge on any atom is -0.315 e. The monoisotopic (exact) mass is 352 g/mol. The number of aromatic nitrogens is 2. The number of hydrogen-bond acceptors (Lipinski definition) is 3. The van der Waals surface area contributed by atoms with Crippen molar-refractivity contribution in [2.75, 3.05) is 26.2 Å². The average Bonchev–Trinajstić information content (AvgIpc) is 2.79. The number of benzene rings is 1. The highest BCUT2D eigenvalue weighted by atomic mass is 19.1. The highest BCUT2D eigenvalue weighted by Gasteiger charge is 2.19. The molecule has 26 heavy (non-hydrogen) atoms. The first-order valence-corrected chi connectivity index (χ1v) is 9.29. The summed E-state index contributed by atoms with van der Waals surface area (Å²) in [6.07, 6.45) is 2.69. The standard InChI is InChI=1S/C21H25FN4/c1-15-4-6-18(16(2)12-15)21-19(14-25-10-3-8-23-9-11-25)26-13-17(22)5-7-20(26)24-21/h4-7,12-13,23H,3,8-11,14H2,1-2H3. The van der Waals surface area contributed by atoms with Crippen LogP contribution in [-0.4, -0.2) is 40.5 Å². The van der Waals surface area contributed by atoms with E-state index in [2.05, 4.69) is 42.3 Å². The lowest BCUT2D eigenvalue weighted by Gasteiger charge is -2.20. The van der Waals surface area contributed by atoms with Crippen LogP contribution >= 0.6 is 0 Å². The zero-order chi connectivity index (χ0) is 18.1. The Morgan fingerprint density at radius 1 is 1.12 bits per heavy atom. The summed E-state index contributed by atoms with van der Waals surface area (Å²) in [7, 11) is 0. The maximum atomic E-state index is 13.9. The molecule has 5 heteroatoms. The molecular formula is C21H25FN4. The minimum absolute atomic E-state index is 0.235. The Morgan fingerprint density at radius 3 is 2.85 bits per heavy atom. The number of hydrogen-bond donors (Lipinski definition) is 1. The van der Waals surface area contributed by atoms with Crippen LogP contribution in [0.4, 0.5) is 4.39 Å². The molecule has 1 N–H and O–H groups in total. The third kappa shape index (κ3) is 3.37. The van der Waals surface area contributed by atoms with Crippen LogP contribution in [0.2, 0.25) is 0 Å². The molecule has 0 spiro atoms. The Hall–Kier alpha value is -2.24. The smallest absolute Gasteiger partial charge is 0.139 e. The molecule has 0 unspecified atom stereocenters. The number of nitrogens with zero attached hydrogens (tertiary/aromatic N) is 3. The first-order chi connectivity index (χ1) is 12.6. The minimum atomic E-state index is -0.235. The largest absolute Gasteiger partial charge is 0.315 e. The van der Waals surface area contributed by atoms with Gasteiger partial charge in [-0.05, 0) is 51.1 Å². The van der Waals surface area contributed by atoms with Crippen LogP contribution in [0.25, 0.3) is 16.9 Å². The summed E-state index contributed by atoms with van der Waals surface area (Å²) in [5.74, 6) is -0.235. The third-order valence-electron chi connectivity index (χ3n) is 5.12. The van der Waals surface area contributed by atoms with Crippen molar-refractivity contribution in [1.29, 1.82) is 0 Å². The van der Waals surface area contributed by atoms with Gasteiger partial charge in [-0.3, -0.25) is 9.30 Å². The molecule has 136 valence electrons. The Bertz CT molecular complexity index is 923. The van der Waals surface area contributed by atoms with Gasteiger partial charge in [0.1, 0.15) is 11.5 Å². The zero-order valence-electron chi connectivity index (χ0n) is 15.4. The van der Waals surface area contributed by atoms with Gasteiger partial charge < -0.3 is 5.32 Å². The second-order valence-corrected chi connectivity index (χ2v) is 7.18. The Balaban J connectivity index is 1.83. The molecular weight excluding hydrogens is 327 g/mol. The van der Waals surface area contributed by atoms with E-state index in [9.17, 15) is 4.39 Å². The van der Waals surface area contributed by atoms with E-state index in [1.807, 2.05) is 4.40 Å². The van der Waals surface area contributed by atoms with Crippen LogP contribution in [0.3, 0.4) is 0 Å². The third-order valence-corrected chi connectivity index (χ3v) is 5.12. The van der Waals surface area contributed by atoms with Crippen molar-refractivity contribution in [3.05, 3.63) is 59.2 Å². The maximum absolute atomic E-state index is 13.9. The van der Waals surface area contributed by atoms with Gasteiger partial charge in [0.2, 0.25) is 0 Å². The second-order valence-electron chi connectivity index (χ2n) is 7.18. The molecule has 1 aliphatic rings. The van der Waals surface area contributed by atoms with Gasteiger partial charge in [-0.2, -0.15) is 0 Å². The van der Waals surface area contributed by atoms with Crippen molar-refractivity contribution in [3.63, 3.8) is 0 Å².